The minimum atomic E-state index is -3.79. The highest BCUT2D eigenvalue weighted by Crippen LogP contribution is 2.39. The summed E-state index contributed by atoms with van der Waals surface area (Å²) < 4.78 is 44.7. The van der Waals surface area contributed by atoms with Crippen LogP contribution in [0.2, 0.25) is 0 Å². The van der Waals surface area contributed by atoms with Gasteiger partial charge in [-0.05, 0) is 37.1 Å². The summed E-state index contributed by atoms with van der Waals surface area (Å²) in [5.74, 6) is -0.334. The Bertz CT molecular complexity index is 868. The zero-order valence-electron chi connectivity index (χ0n) is 15.9. The molecule has 0 aromatic heterocycles. The second-order valence-electron chi connectivity index (χ2n) is 7.71. The molecule has 0 aliphatic carbocycles. The molecule has 6 heteroatoms. The molecule has 0 N–H and O–H groups in total. The van der Waals surface area contributed by atoms with Crippen molar-refractivity contribution in [3.05, 3.63) is 71.5 Å². The van der Waals surface area contributed by atoms with Crippen molar-refractivity contribution in [2.75, 3.05) is 13.1 Å². The highest BCUT2D eigenvalue weighted by molar-refractivity contribution is 7.87. The molecule has 146 valence electrons. The summed E-state index contributed by atoms with van der Waals surface area (Å²) in [6, 6.07) is 16.1. The number of rotatable bonds is 6. The second-order valence-corrected chi connectivity index (χ2v) is 9.45. The molecule has 1 aliphatic heterocycles. The van der Waals surface area contributed by atoms with Crippen molar-refractivity contribution in [2.45, 2.75) is 44.1 Å². The topological polar surface area (TPSA) is 46.6 Å². The average Bonchev–Trinajstić information content (AvgIpc) is 2.93. The fraction of sp³-hybridized carbons (Fsp3) is 0.429. The normalized spacial score (nSPS) is 23.8. The van der Waals surface area contributed by atoms with Crippen LogP contribution in [0.5, 0.6) is 0 Å². The molecule has 0 bridgehead atoms. The fourth-order valence-corrected chi connectivity index (χ4v) is 5.79. The van der Waals surface area contributed by atoms with E-state index < -0.39 is 26.9 Å². The van der Waals surface area contributed by atoms with Gasteiger partial charge in [0.15, 0.2) is 0 Å². The molecule has 27 heavy (non-hydrogen) atoms. The third kappa shape index (κ3) is 4.39. The number of likely N-dealkylation sites (tertiary alicyclic amines) is 1. The molecule has 0 spiro atoms. The van der Waals surface area contributed by atoms with Gasteiger partial charge in [0.25, 0.3) is 10.1 Å². The minimum Gasteiger partial charge on any atom is -0.297 e. The summed E-state index contributed by atoms with van der Waals surface area (Å²) in [5.41, 5.74) is 1.25. The molecular formula is C21H26FNO3S. The molecule has 1 fully saturated rings. The van der Waals surface area contributed by atoms with Crippen LogP contribution in [0.4, 0.5) is 4.39 Å². The zero-order chi connectivity index (χ0) is 19.7. The van der Waals surface area contributed by atoms with Gasteiger partial charge in [-0.3, -0.25) is 9.08 Å². The van der Waals surface area contributed by atoms with Crippen LogP contribution in [0, 0.1) is 5.82 Å². The SMILES string of the molecule is CC(C)OS(=O)(=O)C1CN(Cc2ccccc2)CC1(C)c1ccc(F)cc1. The van der Waals surface area contributed by atoms with Crippen molar-refractivity contribution >= 4 is 10.1 Å². The van der Waals surface area contributed by atoms with Gasteiger partial charge in [-0.1, -0.05) is 49.4 Å². The molecule has 1 heterocycles. The standard InChI is InChI=1S/C21H26FNO3S/c1-16(2)26-27(24,25)20-14-23(13-17-7-5-4-6-8-17)15-21(20,3)18-9-11-19(22)12-10-18/h4-12,16,20H,13-15H2,1-3H3. The third-order valence-electron chi connectivity index (χ3n) is 5.11. The minimum absolute atomic E-state index is 0.334. The van der Waals surface area contributed by atoms with E-state index in [9.17, 15) is 12.8 Å². The van der Waals surface area contributed by atoms with E-state index in [2.05, 4.69) is 4.90 Å². The lowest BCUT2D eigenvalue weighted by atomic mass is 9.81. The van der Waals surface area contributed by atoms with Gasteiger partial charge in [0.1, 0.15) is 11.1 Å². The Hall–Kier alpha value is -1.76. The summed E-state index contributed by atoms with van der Waals surface area (Å²) in [7, 11) is -3.79. The second kappa shape index (κ2) is 7.70. The zero-order valence-corrected chi connectivity index (χ0v) is 16.7. The number of hydrogen-bond donors (Lipinski definition) is 0. The van der Waals surface area contributed by atoms with Crippen molar-refractivity contribution in [3.63, 3.8) is 0 Å². The van der Waals surface area contributed by atoms with Crippen LogP contribution in [-0.4, -0.2) is 37.8 Å². The van der Waals surface area contributed by atoms with E-state index >= 15 is 0 Å². The maximum absolute atomic E-state index is 13.4. The first-order chi connectivity index (χ1) is 12.7. The predicted molar refractivity (Wildman–Crippen MR) is 104 cm³/mol. The van der Waals surface area contributed by atoms with E-state index in [0.717, 1.165) is 11.1 Å². The van der Waals surface area contributed by atoms with Crippen molar-refractivity contribution in [1.29, 1.82) is 0 Å². The molecule has 4 nitrogen and oxygen atoms in total. The van der Waals surface area contributed by atoms with Gasteiger partial charge in [0, 0.05) is 25.0 Å². The van der Waals surface area contributed by atoms with Gasteiger partial charge < -0.3 is 0 Å². The van der Waals surface area contributed by atoms with Crippen LogP contribution < -0.4 is 0 Å². The van der Waals surface area contributed by atoms with Crippen LogP contribution in [0.15, 0.2) is 54.6 Å². The molecule has 0 radical (unpaired) electrons. The maximum Gasteiger partial charge on any atom is 0.272 e. The molecule has 2 unspecified atom stereocenters. The van der Waals surface area contributed by atoms with Gasteiger partial charge in [-0.15, -0.1) is 0 Å². The number of benzene rings is 2. The first kappa shape index (κ1) is 20.0. The smallest absolute Gasteiger partial charge is 0.272 e. The number of nitrogens with zero attached hydrogens (tertiary/aromatic N) is 1. The molecule has 0 amide bonds. The lowest BCUT2D eigenvalue weighted by Crippen LogP contribution is -2.42. The Morgan fingerprint density at radius 1 is 1.15 bits per heavy atom. The molecule has 2 atom stereocenters. The molecule has 0 saturated carbocycles. The van der Waals surface area contributed by atoms with E-state index in [4.69, 9.17) is 4.18 Å². The summed E-state index contributed by atoms with van der Waals surface area (Å²) in [6.45, 7) is 6.94. The van der Waals surface area contributed by atoms with Crippen LogP contribution in [0.25, 0.3) is 0 Å². The van der Waals surface area contributed by atoms with Gasteiger partial charge >= 0.3 is 0 Å². The lowest BCUT2D eigenvalue weighted by Gasteiger charge is -2.31. The van der Waals surface area contributed by atoms with E-state index in [1.54, 1.807) is 26.0 Å². The van der Waals surface area contributed by atoms with E-state index in [1.807, 2.05) is 37.3 Å². The highest BCUT2D eigenvalue weighted by Gasteiger charge is 2.51. The molecule has 1 aliphatic rings. The Kier molecular flexibility index (Phi) is 5.70. The van der Waals surface area contributed by atoms with Crippen molar-refractivity contribution < 1.29 is 17.0 Å². The Morgan fingerprint density at radius 2 is 1.78 bits per heavy atom. The van der Waals surface area contributed by atoms with Crippen LogP contribution in [0.3, 0.4) is 0 Å². The van der Waals surface area contributed by atoms with Crippen molar-refractivity contribution in [1.82, 2.24) is 4.90 Å². The van der Waals surface area contributed by atoms with Crippen molar-refractivity contribution in [3.8, 4) is 0 Å². The Morgan fingerprint density at radius 3 is 2.37 bits per heavy atom. The molecule has 2 aromatic rings. The van der Waals surface area contributed by atoms with Gasteiger partial charge in [-0.25, -0.2) is 4.39 Å². The first-order valence-electron chi connectivity index (χ1n) is 9.15. The van der Waals surface area contributed by atoms with E-state index in [0.29, 0.717) is 19.6 Å². The molecule has 2 aromatic carbocycles. The highest BCUT2D eigenvalue weighted by atomic mass is 32.2. The monoisotopic (exact) mass is 391 g/mol. The average molecular weight is 392 g/mol. The van der Waals surface area contributed by atoms with E-state index in [1.165, 1.54) is 12.1 Å². The first-order valence-corrected chi connectivity index (χ1v) is 10.6. The van der Waals surface area contributed by atoms with Crippen LogP contribution in [0.1, 0.15) is 31.9 Å². The van der Waals surface area contributed by atoms with Crippen LogP contribution >= 0.6 is 0 Å². The number of hydrogen-bond acceptors (Lipinski definition) is 4. The molecular weight excluding hydrogens is 365 g/mol. The van der Waals surface area contributed by atoms with Gasteiger partial charge in [-0.2, -0.15) is 8.42 Å². The Balaban J connectivity index is 1.95. The largest absolute Gasteiger partial charge is 0.297 e. The van der Waals surface area contributed by atoms with Gasteiger partial charge in [0.2, 0.25) is 0 Å². The fourth-order valence-electron chi connectivity index (χ4n) is 3.88. The summed E-state index contributed by atoms with van der Waals surface area (Å²) in [6.07, 6.45) is -0.421. The lowest BCUT2D eigenvalue weighted by molar-refractivity contribution is 0.240. The summed E-state index contributed by atoms with van der Waals surface area (Å²) in [5, 5.41) is -0.721. The predicted octanol–water partition coefficient (Wildman–Crippen LogP) is 3.72. The summed E-state index contributed by atoms with van der Waals surface area (Å²) >= 11 is 0. The summed E-state index contributed by atoms with van der Waals surface area (Å²) in [4.78, 5) is 2.13. The van der Waals surface area contributed by atoms with Gasteiger partial charge in [0.05, 0.1) is 6.10 Å². The number of halogens is 1. The van der Waals surface area contributed by atoms with E-state index in [-0.39, 0.29) is 5.82 Å². The quantitative estimate of drug-likeness (QED) is 0.704. The Labute approximate surface area is 161 Å². The van der Waals surface area contributed by atoms with Crippen molar-refractivity contribution in [2.24, 2.45) is 0 Å². The third-order valence-corrected chi connectivity index (χ3v) is 7.13. The molecule has 1 saturated heterocycles. The maximum atomic E-state index is 13.4. The van der Waals surface area contributed by atoms with Crippen LogP contribution in [-0.2, 0) is 26.3 Å². The molecule has 3 rings (SSSR count).